The summed E-state index contributed by atoms with van der Waals surface area (Å²) in [6.45, 7) is 1.57. The number of ether oxygens (including phenoxy) is 1. The second kappa shape index (κ2) is 6.88. The fourth-order valence-electron chi connectivity index (χ4n) is 2.34. The lowest BCUT2D eigenvalue weighted by molar-refractivity contribution is -0.385. The zero-order valence-corrected chi connectivity index (χ0v) is 11.9. The molecule has 112 valence electrons. The van der Waals surface area contributed by atoms with Gasteiger partial charge in [-0.3, -0.25) is 14.9 Å². The van der Waals surface area contributed by atoms with Crippen LogP contribution in [0.3, 0.4) is 0 Å². The first-order valence-electron chi connectivity index (χ1n) is 6.91. The number of amides is 1. The smallest absolute Gasteiger partial charge is 0.311 e. The first kappa shape index (κ1) is 15.0. The van der Waals surface area contributed by atoms with Crippen LogP contribution in [0, 0.1) is 10.1 Å². The van der Waals surface area contributed by atoms with Crippen LogP contribution in [0.4, 0.5) is 5.69 Å². The van der Waals surface area contributed by atoms with E-state index in [1.807, 2.05) is 0 Å². The van der Waals surface area contributed by atoms with Crippen molar-refractivity contribution < 1.29 is 14.5 Å². The van der Waals surface area contributed by atoms with Crippen molar-refractivity contribution in [3.8, 4) is 5.75 Å². The Kier molecular flexibility index (Phi) is 4.92. The highest BCUT2D eigenvalue weighted by Crippen LogP contribution is 2.27. The molecule has 1 aromatic carbocycles. The van der Waals surface area contributed by atoms with E-state index in [0.717, 1.165) is 32.4 Å². The summed E-state index contributed by atoms with van der Waals surface area (Å²) in [7, 11) is 1.39. The summed E-state index contributed by atoms with van der Waals surface area (Å²) in [5, 5.41) is 10.9. The molecule has 6 nitrogen and oxygen atoms in total. The predicted octanol–water partition coefficient (Wildman–Crippen LogP) is 2.63. The Morgan fingerprint density at radius 2 is 2.05 bits per heavy atom. The van der Waals surface area contributed by atoms with Gasteiger partial charge >= 0.3 is 5.69 Å². The van der Waals surface area contributed by atoms with Gasteiger partial charge in [0.05, 0.1) is 12.0 Å². The molecule has 0 aromatic heterocycles. The van der Waals surface area contributed by atoms with Gasteiger partial charge in [-0.05, 0) is 37.0 Å². The van der Waals surface area contributed by atoms with Crippen LogP contribution in [0.2, 0.25) is 0 Å². The lowest BCUT2D eigenvalue weighted by Crippen LogP contribution is -2.34. The highest BCUT2D eigenvalue weighted by atomic mass is 16.6. The van der Waals surface area contributed by atoms with E-state index in [-0.39, 0.29) is 17.3 Å². The zero-order valence-electron chi connectivity index (χ0n) is 11.9. The van der Waals surface area contributed by atoms with Crippen LogP contribution in [0.15, 0.2) is 24.3 Å². The molecule has 1 saturated heterocycles. The fourth-order valence-corrected chi connectivity index (χ4v) is 2.34. The summed E-state index contributed by atoms with van der Waals surface area (Å²) in [5.74, 6) is 0.160. The number of hydrogen-bond donors (Lipinski definition) is 0. The summed E-state index contributed by atoms with van der Waals surface area (Å²) < 4.78 is 4.94. The van der Waals surface area contributed by atoms with Gasteiger partial charge < -0.3 is 9.64 Å². The SMILES string of the molecule is COc1ccc(/C=C/C(=O)N2CCCCC2)cc1[N+](=O)[O-]. The van der Waals surface area contributed by atoms with Crippen molar-refractivity contribution in [3.63, 3.8) is 0 Å². The van der Waals surface area contributed by atoms with Crippen molar-refractivity contribution in [2.24, 2.45) is 0 Å². The number of nitro groups is 1. The minimum absolute atomic E-state index is 0.0480. The van der Waals surface area contributed by atoms with Crippen LogP contribution in [0.25, 0.3) is 6.08 Å². The normalized spacial score (nSPS) is 15.2. The van der Waals surface area contributed by atoms with Crippen molar-refractivity contribution in [2.75, 3.05) is 20.2 Å². The maximum absolute atomic E-state index is 12.0. The van der Waals surface area contributed by atoms with Crippen LogP contribution in [0.5, 0.6) is 5.75 Å². The molecule has 1 amide bonds. The van der Waals surface area contributed by atoms with Crippen LogP contribution in [0.1, 0.15) is 24.8 Å². The van der Waals surface area contributed by atoms with Gasteiger partial charge in [0.15, 0.2) is 5.75 Å². The molecule has 1 aliphatic rings. The Balaban J connectivity index is 2.11. The molecule has 0 unspecified atom stereocenters. The number of benzene rings is 1. The van der Waals surface area contributed by atoms with Crippen LogP contribution in [-0.2, 0) is 4.79 Å². The molecular weight excluding hydrogens is 272 g/mol. The van der Waals surface area contributed by atoms with Gasteiger partial charge in [0.1, 0.15) is 0 Å². The Bertz CT molecular complexity index is 563. The van der Waals surface area contributed by atoms with Crippen molar-refractivity contribution in [3.05, 3.63) is 40.0 Å². The summed E-state index contributed by atoms with van der Waals surface area (Å²) in [5.41, 5.74) is 0.498. The van der Waals surface area contributed by atoms with E-state index >= 15 is 0 Å². The van der Waals surface area contributed by atoms with Gasteiger partial charge in [0.25, 0.3) is 0 Å². The number of rotatable bonds is 4. The lowest BCUT2D eigenvalue weighted by Gasteiger charge is -2.25. The topological polar surface area (TPSA) is 72.7 Å². The summed E-state index contributed by atoms with van der Waals surface area (Å²) in [4.78, 5) is 24.2. The van der Waals surface area contributed by atoms with E-state index < -0.39 is 4.92 Å². The zero-order chi connectivity index (χ0) is 15.2. The summed E-state index contributed by atoms with van der Waals surface area (Å²) in [6.07, 6.45) is 6.31. The van der Waals surface area contributed by atoms with Crippen molar-refractivity contribution in [1.29, 1.82) is 0 Å². The molecule has 1 heterocycles. The Morgan fingerprint density at radius 1 is 1.33 bits per heavy atom. The van der Waals surface area contributed by atoms with Gasteiger partial charge in [-0.15, -0.1) is 0 Å². The molecule has 1 aromatic rings. The average Bonchev–Trinajstić information content (AvgIpc) is 2.53. The number of carbonyl (C=O) groups excluding carboxylic acids is 1. The number of carbonyl (C=O) groups is 1. The predicted molar refractivity (Wildman–Crippen MR) is 79.1 cm³/mol. The fraction of sp³-hybridized carbons (Fsp3) is 0.400. The minimum Gasteiger partial charge on any atom is -0.490 e. The third kappa shape index (κ3) is 3.81. The second-order valence-electron chi connectivity index (χ2n) is 4.91. The van der Waals surface area contributed by atoms with Crippen LogP contribution in [-0.4, -0.2) is 35.9 Å². The Morgan fingerprint density at radius 3 is 2.67 bits per heavy atom. The van der Waals surface area contributed by atoms with Gasteiger partial charge in [-0.25, -0.2) is 0 Å². The number of piperidine rings is 1. The minimum atomic E-state index is -0.497. The first-order valence-corrected chi connectivity index (χ1v) is 6.91. The standard InChI is InChI=1S/C15H18N2O4/c1-21-14-7-5-12(11-13(14)17(19)20)6-8-15(18)16-9-3-2-4-10-16/h5-8,11H,2-4,9-10H2,1H3/b8-6+. The highest BCUT2D eigenvalue weighted by molar-refractivity contribution is 5.92. The van der Waals surface area contributed by atoms with Gasteiger partial charge in [-0.2, -0.15) is 0 Å². The molecular formula is C15H18N2O4. The average molecular weight is 290 g/mol. The molecule has 0 aliphatic carbocycles. The van der Waals surface area contributed by atoms with E-state index in [1.54, 1.807) is 17.0 Å². The van der Waals surface area contributed by atoms with Crippen LogP contribution < -0.4 is 4.74 Å². The third-order valence-corrected chi connectivity index (χ3v) is 3.49. The van der Waals surface area contributed by atoms with E-state index in [2.05, 4.69) is 0 Å². The molecule has 0 spiro atoms. The molecule has 2 rings (SSSR count). The van der Waals surface area contributed by atoms with E-state index in [1.165, 1.54) is 25.3 Å². The number of nitro benzene ring substituents is 1. The van der Waals surface area contributed by atoms with Gasteiger partial charge in [0, 0.05) is 25.2 Å². The van der Waals surface area contributed by atoms with Gasteiger partial charge in [0.2, 0.25) is 5.91 Å². The summed E-state index contributed by atoms with van der Waals surface area (Å²) >= 11 is 0. The molecule has 1 aliphatic heterocycles. The Hall–Kier alpha value is -2.37. The van der Waals surface area contributed by atoms with E-state index in [9.17, 15) is 14.9 Å². The highest BCUT2D eigenvalue weighted by Gasteiger charge is 2.16. The first-order chi connectivity index (χ1) is 10.1. The largest absolute Gasteiger partial charge is 0.490 e. The molecule has 0 N–H and O–H groups in total. The van der Waals surface area contributed by atoms with Crippen molar-refractivity contribution in [1.82, 2.24) is 4.90 Å². The van der Waals surface area contributed by atoms with Gasteiger partial charge in [-0.1, -0.05) is 6.07 Å². The monoisotopic (exact) mass is 290 g/mol. The summed E-state index contributed by atoms with van der Waals surface area (Å²) in [6, 6.07) is 4.62. The Labute approximate surface area is 123 Å². The second-order valence-corrected chi connectivity index (χ2v) is 4.91. The molecule has 0 bridgehead atoms. The third-order valence-electron chi connectivity index (χ3n) is 3.49. The quantitative estimate of drug-likeness (QED) is 0.485. The van der Waals surface area contributed by atoms with E-state index in [0.29, 0.717) is 5.56 Å². The number of methoxy groups -OCH3 is 1. The number of hydrogen-bond acceptors (Lipinski definition) is 4. The maximum Gasteiger partial charge on any atom is 0.311 e. The molecule has 0 saturated carbocycles. The van der Waals surface area contributed by atoms with Crippen molar-refractivity contribution in [2.45, 2.75) is 19.3 Å². The van der Waals surface area contributed by atoms with E-state index in [4.69, 9.17) is 4.74 Å². The molecule has 0 atom stereocenters. The number of likely N-dealkylation sites (tertiary alicyclic amines) is 1. The maximum atomic E-state index is 12.0. The molecule has 6 heteroatoms. The van der Waals surface area contributed by atoms with Crippen molar-refractivity contribution >= 4 is 17.7 Å². The molecule has 1 fully saturated rings. The lowest BCUT2D eigenvalue weighted by atomic mass is 10.1. The molecule has 0 radical (unpaired) electrons. The van der Waals surface area contributed by atoms with Crippen LogP contribution >= 0.6 is 0 Å². The number of nitrogens with zero attached hydrogens (tertiary/aromatic N) is 2. The molecule has 21 heavy (non-hydrogen) atoms.